The summed E-state index contributed by atoms with van der Waals surface area (Å²) in [6, 6.07) is 12.3. The van der Waals surface area contributed by atoms with Crippen molar-refractivity contribution in [1.82, 2.24) is 15.1 Å². The van der Waals surface area contributed by atoms with E-state index in [1.54, 1.807) is 11.8 Å². The van der Waals surface area contributed by atoms with Crippen molar-refractivity contribution in [2.45, 2.75) is 11.9 Å². The van der Waals surface area contributed by atoms with Crippen LogP contribution in [-0.4, -0.2) is 47.3 Å². The fourth-order valence-corrected chi connectivity index (χ4v) is 3.20. The first-order valence-electron chi connectivity index (χ1n) is 7.15. The molecule has 0 radical (unpaired) electrons. The van der Waals surface area contributed by atoms with E-state index >= 15 is 0 Å². The van der Waals surface area contributed by atoms with Gasteiger partial charge in [0.1, 0.15) is 5.03 Å². The summed E-state index contributed by atoms with van der Waals surface area (Å²) >= 11 is 1.75. The van der Waals surface area contributed by atoms with Crippen molar-refractivity contribution in [3.63, 3.8) is 0 Å². The van der Waals surface area contributed by atoms with Gasteiger partial charge in [-0.05, 0) is 18.6 Å². The predicted octanol–water partition coefficient (Wildman–Crippen LogP) is 2.83. The molecule has 3 rings (SSSR count). The summed E-state index contributed by atoms with van der Waals surface area (Å²) < 4.78 is 5.36. The molecule has 110 valence electrons. The van der Waals surface area contributed by atoms with Gasteiger partial charge in [-0.25, -0.2) is 0 Å². The number of ether oxygens (including phenoxy) is 1. The molecular weight excluding hydrogens is 282 g/mol. The molecule has 2 heterocycles. The van der Waals surface area contributed by atoms with Gasteiger partial charge < -0.3 is 4.74 Å². The summed E-state index contributed by atoms with van der Waals surface area (Å²) in [5.74, 6) is 0.948. The Morgan fingerprint density at radius 2 is 1.90 bits per heavy atom. The molecule has 1 aromatic heterocycles. The van der Waals surface area contributed by atoms with Gasteiger partial charge in [0.25, 0.3) is 0 Å². The molecule has 0 N–H and O–H groups in total. The average molecular weight is 301 g/mol. The summed E-state index contributed by atoms with van der Waals surface area (Å²) in [5, 5.41) is 9.77. The van der Waals surface area contributed by atoms with E-state index in [9.17, 15) is 0 Å². The smallest absolute Gasteiger partial charge is 0.123 e. The van der Waals surface area contributed by atoms with Crippen LogP contribution in [0.2, 0.25) is 0 Å². The van der Waals surface area contributed by atoms with Crippen LogP contribution in [0, 0.1) is 6.92 Å². The Bertz CT molecular complexity index is 585. The molecule has 0 unspecified atom stereocenters. The van der Waals surface area contributed by atoms with Crippen LogP contribution in [0.1, 0.15) is 5.56 Å². The molecule has 0 amide bonds. The normalized spacial score (nSPS) is 16.0. The first-order chi connectivity index (χ1) is 10.3. The van der Waals surface area contributed by atoms with Crippen LogP contribution in [-0.2, 0) is 4.74 Å². The summed E-state index contributed by atoms with van der Waals surface area (Å²) in [5.41, 5.74) is 3.23. The average Bonchev–Trinajstić information content (AvgIpc) is 2.55. The number of nitrogens with zero attached hydrogens (tertiary/aromatic N) is 3. The van der Waals surface area contributed by atoms with Crippen LogP contribution >= 0.6 is 11.8 Å². The van der Waals surface area contributed by atoms with Crippen LogP contribution in [0.25, 0.3) is 11.3 Å². The molecule has 0 bridgehead atoms. The molecule has 0 aliphatic carbocycles. The second-order valence-electron chi connectivity index (χ2n) is 5.09. The van der Waals surface area contributed by atoms with E-state index in [1.807, 2.05) is 18.2 Å². The lowest BCUT2D eigenvalue weighted by Crippen LogP contribution is -2.35. The third-order valence-corrected chi connectivity index (χ3v) is 4.67. The number of aromatic nitrogens is 2. The van der Waals surface area contributed by atoms with Gasteiger partial charge in [-0.2, -0.15) is 0 Å². The molecule has 0 spiro atoms. The number of hydrogen-bond acceptors (Lipinski definition) is 5. The fourth-order valence-electron chi connectivity index (χ4n) is 2.25. The Labute approximate surface area is 129 Å². The van der Waals surface area contributed by atoms with E-state index in [4.69, 9.17) is 4.74 Å². The van der Waals surface area contributed by atoms with Crippen molar-refractivity contribution >= 4 is 11.8 Å². The van der Waals surface area contributed by atoms with Crippen LogP contribution in [0.5, 0.6) is 0 Å². The SMILES string of the molecule is Cc1cc(-c2ccccc2)nnc1SCN1CCOCC1. The zero-order valence-electron chi connectivity index (χ0n) is 12.2. The van der Waals surface area contributed by atoms with E-state index in [0.29, 0.717) is 0 Å². The van der Waals surface area contributed by atoms with E-state index in [2.05, 4.69) is 40.2 Å². The van der Waals surface area contributed by atoms with Gasteiger partial charge in [0, 0.05) is 18.7 Å². The number of morpholine rings is 1. The molecule has 2 aromatic rings. The molecule has 1 aromatic carbocycles. The zero-order chi connectivity index (χ0) is 14.5. The highest BCUT2D eigenvalue weighted by atomic mass is 32.2. The van der Waals surface area contributed by atoms with Crippen LogP contribution in [0.3, 0.4) is 0 Å². The third-order valence-electron chi connectivity index (χ3n) is 3.50. The lowest BCUT2D eigenvalue weighted by Gasteiger charge is -2.25. The van der Waals surface area contributed by atoms with Crippen molar-refractivity contribution in [1.29, 1.82) is 0 Å². The minimum absolute atomic E-state index is 0.832. The maximum atomic E-state index is 5.36. The number of aryl methyl sites for hydroxylation is 1. The second-order valence-corrected chi connectivity index (χ2v) is 6.02. The maximum absolute atomic E-state index is 5.36. The van der Waals surface area contributed by atoms with Crippen molar-refractivity contribution in [2.24, 2.45) is 0 Å². The monoisotopic (exact) mass is 301 g/mol. The molecule has 5 heteroatoms. The van der Waals surface area contributed by atoms with E-state index in [0.717, 1.165) is 48.5 Å². The molecular formula is C16H19N3OS. The predicted molar refractivity (Wildman–Crippen MR) is 85.3 cm³/mol. The summed E-state index contributed by atoms with van der Waals surface area (Å²) in [6.45, 7) is 5.77. The molecule has 0 saturated carbocycles. The summed E-state index contributed by atoms with van der Waals surface area (Å²) in [7, 11) is 0. The van der Waals surface area contributed by atoms with E-state index < -0.39 is 0 Å². The van der Waals surface area contributed by atoms with Crippen LogP contribution in [0.15, 0.2) is 41.4 Å². The zero-order valence-corrected chi connectivity index (χ0v) is 13.0. The van der Waals surface area contributed by atoms with Gasteiger partial charge in [-0.3, -0.25) is 4.90 Å². The molecule has 0 atom stereocenters. The largest absolute Gasteiger partial charge is 0.379 e. The van der Waals surface area contributed by atoms with Gasteiger partial charge in [0.2, 0.25) is 0 Å². The Hall–Kier alpha value is -1.43. The van der Waals surface area contributed by atoms with Crippen molar-refractivity contribution in [3.05, 3.63) is 42.0 Å². The van der Waals surface area contributed by atoms with Gasteiger partial charge >= 0.3 is 0 Å². The first-order valence-corrected chi connectivity index (χ1v) is 8.14. The topological polar surface area (TPSA) is 38.2 Å². The third kappa shape index (κ3) is 3.81. The fraction of sp³-hybridized carbons (Fsp3) is 0.375. The standard InChI is InChI=1S/C16H19N3OS/c1-13-11-15(14-5-3-2-4-6-14)17-18-16(13)21-12-19-7-9-20-10-8-19/h2-6,11H,7-10,12H2,1H3. The second kappa shape index (κ2) is 7.02. The Morgan fingerprint density at radius 3 is 2.62 bits per heavy atom. The number of rotatable bonds is 4. The first kappa shape index (κ1) is 14.5. The lowest BCUT2D eigenvalue weighted by atomic mass is 10.1. The highest BCUT2D eigenvalue weighted by Gasteiger charge is 2.12. The minimum Gasteiger partial charge on any atom is -0.379 e. The highest BCUT2D eigenvalue weighted by Crippen LogP contribution is 2.24. The molecule has 21 heavy (non-hydrogen) atoms. The van der Waals surface area contributed by atoms with Crippen molar-refractivity contribution in [3.8, 4) is 11.3 Å². The van der Waals surface area contributed by atoms with Gasteiger partial charge in [0.15, 0.2) is 0 Å². The van der Waals surface area contributed by atoms with Crippen molar-refractivity contribution < 1.29 is 4.74 Å². The Kier molecular flexibility index (Phi) is 4.85. The molecule has 1 fully saturated rings. The Morgan fingerprint density at radius 1 is 1.14 bits per heavy atom. The van der Waals surface area contributed by atoms with E-state index in [-0.39, 0.29) is 0 Å². The van der Waals surface area contributed by atoms with Crippen LogP contribution < -0.4 is 0 Å². The van der Waals surface area contributed by atoms with Gasteiger partial charge in [-0.1, -0.05) is 42.1 Å². The van der Waals surface area contributed by atoms with Gasteiger partial charge in [-0.15, -0.1) is 10.2 Å². The lowest BCUT2D eigenvalue weighted by molar-refractivity contribution is 0.0473. The van der Waals surface area contributed by atoms with Crippen molar-refractivity contribution in [2.75, 3.05) is 32.2 Å². The van der Waals surface area contributed by atoms with Gasteiger partial charge in [0.05, 0.1) is 24.8 Å². The minimum atomic E-state index is 0.832. The molecule has 1 aliphatic heterocycles. The highest BCUT2D eigenvalue weighted by molar-refractivity contribution is 7.99. The number of benzene rings is 1. The quantitative estimate of drug-likeness (QED) is 0.812. The maximum Gasteiger partial charge on any atom is 0.123 e. The molecule has 1 aliphatic rings. The van der Waals surface area contributed by atoms with E-state index in [1.165, 1.54) is 5.56 Å². The number of thioether (sulfide) groups is 1. The van der Waals surface area contributed by atoms with Crippen LogP contribution in [0.4, 0.5) is 0 Å². The number of hydrogen-bond donors (Lipinski definition) is 0. The molecule has 4 nitrogen and oxygen atoms in total. The Balaban J connectivity index is 1.67. The summed E-state index contributed by atoms with van der Waals surface area (Å²) in [4.78, 5) is 2.39. The molecule has 1 saturated heterocycles. The summed E-state index contributed by atoms with van der Waals surface area (Å²) in [6.07, 6.45) is 0.